The third kappa shape index (κ3) is 3.05. The van der Waals surface area contributed by atoms with Gasteiger partial charge in [-0.2, -0.15) is 5.10 Å². The van der Waals surface area contributed by atoms with E-state index in [2.05, 4.69) is 23.2 Å². The van der Waals surface area contributed by atoms with Crippen molar-refractivity contribution in [3.05, 3.63) is 23.6 Å². The van der Waals surface area contributed by atoms with Crippen LogP contribution in [0.4, 0.5) is 0 Å². The van der Waals surface area contributed by atoms with Crippen molar-refractivity contribution < 1.29 is 4.74 Å². The molecular weight excluding hydrogens is 254 g/mol. The summed E-state index contributed by atoms with van der Waals surface area (Å²) in [6, 6.07) is 3.09. The minimum absolute atomic E-state index is 0.477. The first-order valence-corrected chi connectivity index (χ1v) is 9.22. The highest BCUT2D eigenvalue weighted by Crippen LogP contribution is 2.20. The molecule has 0 aliphatic carbocycles. The predicted molar refractivity (Wildman–Crippen MR) is 72.2 cm³/mol. The zero-order chi connectivity index (χ0) is 12.3. The topological polar surface area (TPSA) is 39.9 Å². The summed E-state index contributed by atoms with van der Waals surface area (Å²) >= 11 is 5.97. The van der Waals surface area contributed by atoms with Crippen LogP contribution < -0.4 is 0 Å². The maximum Gasteiger partial charge on any atom is 0.139 e. The van der Waals surface area contributed by atoms with Gasteiger partial charge < -0.3 is 4.74 Å². The quantitative estimate of drug-likeness (QED) is 0.476. The number of pyridine rings is 1. The van der Waals surface area contributed by atoms with Gasteiger partial charge in [-0.3, -0.25) is 0 Å². The van der Waals surface area contributed by atoms with Crippen LogP contribution in [-0.2, 0) is 11.5 Å². The summed E-state index contributed by atoms with van der Waals surface area (Å²) in [5.74, 6) is 0. The standard InChI is InChI=1S/C11H16ClN3OSi/c1-17(2)6-5-16-8-15-10-3-4-13-11(12)9(10)7-14-15/h3-4,7,17H,5-6,8H2,1-2H3. The Hall–Kier alpha value is -0.913. The van der Waals surface area contributed by atoms with Crippen molar-refractivity contribution >= 4 is 31.3 Å². The molecule has 2 heterocycles. The number of rotatable bonds is 5. The molecule has 0 N–H and O–H groups in total. The van der Waals surface area contributed by atoms with Crippen LogP contribution >= 0.6 is 11.6 Å². The number of aromatic nitrogens is 3. The fraction of sp³-hybridized carbons (Fsp3) is 0.455. The summed E-state index contributed by atoms with van der Waals surface area (Å²) in [6.45, 7) is 5.92. The number of hydrogen-bond acceptors (Lipinski definition) is 3. The maximum absolute atomic E-state index is 5.97. The van der Waals surface area contributed by atoms with Gasteiger partial charge in [-0.1, -0.05) is 24.7 Å². The fourth-order valence-corrected chi connectivity index (χ4v) is 2.39. The van der Waals surface area contributed by atoms with Gasteiger partial charge in [0.25, 0.3) is 0 Å². The molecule has 0 saturated carbocycles. The molecule has 17 heavy (non-hydrogen) atoms. The fourth-order valence-electron chi connectivity index (χ4n) is 1.55. The molecule has 0 atom stereocenters. The molecule has 0 amide bonds. The Morgan fingerprint density at radius 3 is 3.06 bits per heavy atom. The van der Waals surface area contributed by atoms with Gasteiger partial charge in [0.1, 0.15) is 11.9 Å². The van der Waals surface area contributed by atoms with Crippen LogP contribution in [0.5, 0.6) is 0 Å². The Morgan fingerprint density at radius 1 is 1.47 bits per heavy atom. The molecule has 0 aliphatic heterocycles. The molecule has 6 heteroatoms. The van der Waals surface area contributed by atoms with Crippen LogP contribution in [-0.4, -0.2) is 30.2 Å². The van der Waals surface area contributed by atoms with Crippen LogP contribution in [0.1, 0.15) is 0 Å². The first-order chi connectivity index (χ1) is 8.18. The van der Waals surface area contributed by atoms with E-state index in [-0.39, 0.29) is 0 Å². The second kappa shape index (κ2) is 5.62. The largest absolute Gasteiger partial charge is 0.360 e. The Morgan fingerprint density at radius 2 is 2.29 bits per heavy atom. The number of hydrogen-bond donors (Lipinski definition) is 0. The van der Waals surface area contributed by atoms with E-state index in [1.54, 1.807) is 12.4 Å². The average Bonchev–Trinajstić information content (AvgIpc) is 2.69. The molecule has 4 nitrogen and oxygen atoms in total. The molecule has 0 unspecified atom stereocenters. The first kappa shape index (κ1) is 12.5. The van der Waals surface area contributed by atoms with Crippen molar-refractivity contribution in [2.75, 3.05) is 6.61 Å². The maximum atomic E-state index is 5.97. The Labute approximate surface area is 107 Å². The summed E-state index contributed by atoms with van der Waals surface area (Å²) < 4.78 is 7.42. The van der Waals surface area contributed by atoms with Crippen molar-refractivity contribution in [1.29, 1.82) is 0 Å². The Kier molecular flexibility index (Phi) is 4.14. The third-order valence-corrected chi connectivity index (χ3v) is 4.27. The molecule has 2 aromatic rings. The van der Waals surface area contributed by atoms with E-state index in [1.165, 1.54) is 6.04 Å². The molecule has 0 saturated heterocycles. The molecule has 2 rings (SSSR count). The molecule has 0 aromatic carbocycles. The van der Waals surface area contributed by atoms with E-state index in [1.807, 2.05) is 10.7 Å². The first-order valence-electron chi connectivity index (χ1n) is 5.72. The number of fused-ring (bicyclic) bond motifs is 1. The zero-order valence-electron chi connectivity index (χ0n) is 10.1. The molecule has 92 valence electrons. The molecule has 2 aromatic heterocycles. The highest BCUT2D eigenvalue weighted by molar-refractivity contribution is 6.55. The van der Waals surface area contributed by atoms with E-state index < -0.39 is 8.80 Å². The van der Waals surface area contributed by atoms with E-state index >= 15 is 0 Å². The average molecular weight is 270 g/mol. The van der Waals surface area contributed by atoms with Gasteiger partial charge >= 0.3 is 0 Å². The molecule has 0 fully saturated rings. The monoisotopic (exact) mass is 269 g/mol. The second-order valence-electron chi connectivity index (χ2n) is 4.40. The van der Waals surface area contributed by atoms with Crippen molar-refractivity contribution in [3.63, 3.8) is 0 Å². The lowest BCUT2D eigenvalue weighted by Crippen LogP contribution is -2.09. The highest BCUT2D eigenvalue weighted by Gasteiger charge is 2.06. The second-order valence-corrected chi connectivity index (χ2v) is 8.12. The molecule has 0 aliphatic rings. The lowest BCUT2D eigenvalue weighted by atomic mass is 10.3. The van der Waals surface area contributed by atoms with Crippen LogP contribution in [0.2, 0.25) is 24.3 Å². The van der Waals surface area contributed by atoms with Crippen molar-refractivity contribution in [3.8, 4) is 0 Å². The Balaban J connectivity index is 2.02. The van der Waals surface area contributed by atoms with Gasteiger partial charge in [-0.25, -0.2) is 9.67 Å². The predicted octanol–water partition coefficient (Wildman–Crippen LogP) is 2.55. The van der Waals surface area contributed by atoms with E-state index in [0.717, 1.165) is 17.5 Å². The van der Waals surface area contributed by atoms with Crippen molar-refractivity contribution in [1.82, 2.24) is 14.8 Å². The summed E-state index contributed by atoms with van der Waals surface area (Å²) in [4.78, 5) is 4.02. The number of nitrogens with zero attached hydrogens (tertiary/aromatic N) is 3. The summed E-state index contributed by atoms with van der Waals surface area (Å²) in [7, 11) is -0.524. The van der Waals surface area contributed by atoms with Gasteiger partial charge in [0.2, 0.25) is 0 Å². The highest BCUT2D eigenvalue weighted by atomic mass is 35.5. The van der Waals surface area contributed by atoms with Crippen LogP contribution in [0.3, 0.4) is 0 Å². The molecule has 0 spiro atoms. The van der Waals surface area contributed by atoms with Crippen molar-refractivity contribution in [2.45, 2.75) is 25.9 Å². The normalized spacial score (nSPS) is 11.5. The third-order valence-electron chi connectivity index (χ3n) is 2.58. The minimum Gasteiger partial charge on any atom is -0.360 e. The lowest BCUT2D eigenvalue weighted by Gasteiger charge is -2.06. The van der Waals surface area contributed by atoms with Gasteiger partial charge in [0.05, 0.1) is 17.1 Å². The Bertz CT molecular complexity index is 500. The van der Waals surface area contributed by atoms with E-state index in [0.29, 0.717) is 11.9 Å². The number of halogens is 1. The lowest BCUT2D eigenvalue weighted by molar-refractivity contribution is 0.0820. The molecule has 0 radical (unpaired) electrons. The van der Waals surface area contributed by atoms with Crippen LogP contribution in [0.25, 0.3) is 10.9 Å². The van der Waals surface area contributed by atoms with Crippen LogP contribution in [0, 0.1) is 0 Å². The molecule has 0 bridgehead atoms. The summed E-state index contributed by atoms with van der Waals surface area (Å²) in [5.41, 5.74) is 0.965. The summed E-state index contributed by atoms with van der Waals surface area (Å²) in [6.07, 6.45) is 3.41. The molecular formula is C11H16ClN3OSi. The van der Waals surface area contributed by atoms with Crippen LogP contribution in [0.15, 0.2) is 18.5 Å². The van der Waals surface area contributed by atoms with Crippen molar-refractivity contribution in [2.24, 2.45) is 0 Å². The van der Waals surface area contributed by atoms with Gasteiger partial charge in [-0.15, -0.1) is 0 Å². The van der Waals surface area contributed by atoms with E-state index in [9.17, 15) is 0 Å². The minimum atomic E-state index is -0.524. The smallest absolute Gasteiger partial charge is 0.139 e. The van der Waals surface area contributed by atoms with Gasteiger partial charge in [0.15, 0.2) is 0 Å². The van der Waals surface area contributed by atoms with Gasteiger partial charge in [0, 0.05) is 21.6 Å². The van der Waals surface area contributed by atoms with E-state index in [4.69, 9.17) is 16.3 Å². The number of ether oxygens (including phenoxy) is 1. The SMILES string of the molecule is C[SiH](C)CCOCn1ncc2c(Cl)nccc21. The summed E-state index contributed by atoms with van der Waals surface area (Å²) in [5, 5.41) is 5.61. The zero-order valence-corrected chi connectivity index (χ0v) is 12.0. The van der Waals surface area contributed by atoms with Gasteiger partial charge in [-0.05, 0) is 12.1 Å².